The van der Waals surface area contributed by atoms with Crippen LogP contribution in [-0.4, -0.2) is 15.5 Å². The van der Waals surface area contributed by atoms with E-state index in [1.807, 2.05) is 19.2 Å². The third-order valence-electron chi connectivity index (χ3n) is 4.11. The molecule has 2 heterocycles. The van der Waals surface area contributed by atoms with Crippen molar-refractivity contribution in [1.29, 1.82) is 0 Å². The van der Waals surface area contributed by atoms with Crippen LogP contribution >= 0.6 is 23.2 Å². The fourth-order valence-electron chi connectivity index (χ4n) is 2.58. The summed E-state index contributed by atoms with van der Waals surface area (Å²) in [7, 11) is 2.02. The third kappa shape index (κ3) is 2.80. The number of pyridine rings is 1. The van der Waals surface area contributed by atoms with E-state index in [1.54, 1.807) is 12.1 Å². The lowest BCUT2D eigenvalue weighted by Gasteiger charge is -2.07. The Morgan fingerprint density at radius 1 is 1.22 bits per heavy atom. The number of aromatic nitrogens is 2. The predicted octanol–water partition coefficient (Wildman–Crippen LogP) is 4.75. The van der Waals surface area contributed by atoms with Crippen molar-refractivity contribution < 1.29 is 4.79 Å². The van der Waals surface area contributed by atoms with E-state index in [0.29, 0.717) is 21.4 Å². The molecule has 2 aromatic heterocycles. The maximum atomic E-state index is 12.4. The van der Waals surface area contributed by atoms with Gasteiger partial charge in [-0.1, -0.05) is 23.2 Å². The smallest absolute Gasteiger partial charge is 0.256 e. The molecule has 0 fully saturated rings. The average Bonchev–Trinajstić information content (AvgIpc) is 2.74. The average molecular weight is 348 g/mol. The van der Waals surface area contributed by atoms with E-state index in [0.717, 1.165) is 10.9 Å². The maximum absolute atomic E-state index is 12.4. The van der Waals surface area contributed by atoms with Crippen LogP contribution in [0.1, 0.15) is 21.6 Å². The second kappa shape index (κ2) is 5.87. The highest BCUT2D eigenvalue weighted by atomic mass is 35.5. The van der Waals surface area contributed by atoms with E-state index in [2.05, 4.69) is 28.7 Å². The summed E-state index contributed by atoms with van der Waals surface area (Å²) in [6.45, 7) is 4.11. The lowest BCUT2D eigenvalue weighted by molar-refractivity contribution is 0.102. The van der Waals surface area contributed by atoms with Crippen molar-refractivity contribution in [1.82, 2.24) is 9.55 Å². The first kappa shape index (κ1) is 15.8. The summed E-state index contributed by atoms with van der Waals surface area (Å²) in [5.41, 5.74) is 4.00. The summed E-state index contributed by atoms with van der Waals surface area (Å²) in [6, 6.07) is 7.16. The second-order valence-electron chi connectivity index (χ2n) is 5.44. The highest BCUT2D eigenvalue weighted by molar-refractivity contribution is 6.36. The molecular weight excluding hydrogens is 333 g/mol. The Hall–Kier alpha value is -2.04. The summed E-state index contributed by atoms with van der Waals surface area (Å²) in [5, 5.41) is 4.50. The maximum Gasteiger partial charge on any atom is 0.256 e. The zero-order valence-electron chi connectivity index (χ0n) is 12.9. The fourth-order valence-corrected chi connectivity index (χ4v) is 3.01. The van der Waals surface area contributed by atoms with Gasteiger partial charge in [0.2, 0.25) is 0 Å². The number of rotatable bonds is 2. The molecule has 1 amide bonds. The summed E-state index contributed by atoms with van der Waals surface area (Å²) in [6.07, 6.45) is 1.44. The zero-order chi connectivity index (χ0) is 16.7. The van der Waals surface area contributed by atoms with Crippen molar-refractivity contribution in [2.24, 2.45) is 7.05 Å². The van der Waals surface area contributed by atoms with Crippen molar-refractivity contribution in [3.05, 3.63) is 57.3 Å². The molecule has 0 radical (unpaired) electrons. The topological polar surface area (TPSA) is 46.9 Å². The molecule has 6 heteroatoms. The van der Waals surface area contributed by atoms with Crippen LogP contribution in [0, 0.1) is 13.8 Å². The number of aryl methyl sites for hydroxylation is 2. The first-order valence-corrected chi connectivity index (χ1v) is 7.82. The summed E-state index contributed by atoms with van der Waals surface area (Å²) >= 11 is 11.8. The van der Waals surface area contributed by atoms with Gasteiger partial charge in [-0.05, 0) is 43.7 Å². The monoisotopic (exact) mass is 347 g/mol. The minimum atomic E-state index is -0.260. The fraction of sp³-hybridized carbons (Fsp3) is 0.176. The van der Waals surface area contributed by atoms with Gasteiger partial charge in [-0.25, -0.2) is 4.98 Å². The molecule has 118 valence electrons. The summed E-state index contributed by atoms with van der Waals surface area (Å²) < 4.78 is 2.12. The van der Waals surface area contributed by atoms with Crippen LogP contribution in [0.25, 0.3) is 10.9 Å². The molecule has 0 aliphatic carbocycles. The number of nitrogens with zero attached hydrogens (tertiary/aromatic N) is 2. The quantitative estimate of drug-likeness (QED) is 0.727. The first-order chi connectivity index (χ1) is 10.9. The number of nitrogens with one attached hydrogen (secondary N) is 1. The summed E-state index contributed by atoms with van der Waals surface area (Å²) in [4.78, 5) is 16.5. The van der Waals surface area contributed by atoms with Gasteiger partial charge in [0, 0.05) is 35.4 Å². The number of anilines is 1. The zero-order valence-corrected chi connectivity index (χ0v) is 14.5. The van der Waals surface area contributed by atoms with Gasteiger partial charge in [0.05, 0.1) is 10.0 Å². The van der Waals surface area contributed by atoms with E-state index >= 15 is 0 Å². The van der Waals surface area contributed by atoms with Crippen LogP contribution in [0.3, 0.4) is 0 Å². The van der Waals surface area contributed by atoms with Gasteiger partial charge in [0.1, 0.15) is 0 Å². The van der Waals surface area contributed by atoms with Crippen molar-refractivity contribution in [3.63, 3.8) is 0 Å². The van der Waals surface area contributed by atoms with Gasteiger partial charge < -0.3 is 9.88 Å². The normalized spacial score (nSPS) is 11.0. The van der Waals surface area contributed by atoms with Crippen LogP contribution in [0.2, 0.25) is 10.0 Å². The molecule has 0 saturated heterocycles. The van der Waals surface area contributed by atoms with Gasteiger partial charge in [-0.2, -0.15) is 0 Å². The molecule has 0 unspecified atom stereocenters. The Morgan fingerprint density at radius 2 is 1.96 bits per heavy atom. The van der Waals surface area contributed by atoms with Crippen LogP contribution in [0.4, 0.5) is 5.82 Å². The first-order valence-electron chi connectivity index (χ1n) is 7.06. The third-order valence-corrected chi connectivity index (χ3v) is 4.60. The Kier molecular flexibility index (Phi) is 4.04. The van der Waals surface area contributed by atoms with Gasteiger partial charge >= 0.3 is 0 Å². The molecule has 0 bridgehead atoms. The molecule has 0 atom stereocenters. The minimum Gasteiger partial charge on any atom is -0.348 e. The van der Waals surface area contributed by atoms with Crippen molar-refractivity contribution in [3.8, 4) is 0 Å². The van der Waals surface area contributed by atoms with E-state index in [9.17, 15) is 4.79 Å². The Morgan fingerprint density at radius 3 is 2.65 bits per heavy atom. The highest BCUT2D eigenvalue weighted by Crippen LogP contribution is 2.26. The number of carbonyl (C=O) groups excluding carboxylic acids is 1. The molecule has 3 aromatic rings. The number of hydrogen-bond donors (Lipinski definition) is 1. The molecule has 3 rings (SSSR count). The van der Waals surface area contributed by atoms with Gasteiger partial charge in [-0.15, -0.1) is 0 Å². The lowest BCUT2D eigenvalue weighted by Crippen LogP contribution is -2.13. The Balaban J connectivity index is 1.96. The number of fused-ring (bicyclic) bond motifs is 1. The number of hydrogen-bond acceptors (Lipinski definition) is 2. The molecule has 1 N–H and O–H groups in total. The molecular formula is C17H15Cl2N3O. The van der Waals surface area contributed by atoms with E-state index in [-0.39, 0.29) is 5.91 Å². The number of carbonyl (C=O) groups is 1. The van der Waals surface area contributed by atoms with Crippen molar-refractivity contribution in [2.45, 2.75) is 13.8 Å². The van der Waals surface area contributed by atoms with Crippen LogP contribution in [0.5, 0.6) is 0 Å². The Labute approximate surface area is 144 Å². The van der Waals surface area contributed by atoms with E-state index in [4.69, 9.17) is 23.2 Å². The molecule has 0 aliphatic heterocycles. The number of amides is 1. The highest BCUT2D eigenvalue weighted by Gasteiger charge is 2.14. The van der Waals surface area contributed by atoms with Gasteiger partial charge in [0.15, 0.2) is 5.82 Å². The van der Waals surface area contributed by atoms with Crippen LogP contribution in [-0.2, 0) is 7.05 Å². The largest absolute Gasteiger partial charge is 0.348 e. The van der Waals surface area contributed by atoms with Crippen molar-refractivity contribution in [2.75, 3.05) is 5.32 Å². The summed E-state index contributed by atoms with van der Waals surface area (Å²) in [5.74, 6) is 0.0339. The van der Waals surface area contributed by atoms with Crippen LogP contribution < -0.4 is 5.32 Å². The van der Waals surface area contributed by atoms with Gasteiger partial charge in [0.25, 0.3) is 5.91 Å². The Bertz CT molecular complexity index is 931. The molecule has 4 nitrogen and oxygen atoms in total. The van der Waals surface area contributed by atoms with Crippen molar-refractivity contribution >= 4 is 45.8 Å². The second-order valence-corrected chi connectivity index (χ2v) is 6.28. The van der Waals surface area contributed by atoms with E-state index < -0.39 is 0 Å². The number of benzene rings is 1. The molecule has 0 spiro atoms. The predicted molar refractivity (Wildman–Crippen MR) is 94.6 cm³/mol. The number of halogens is 2. The minimum absolute atomic E-state index is 0.260. The SMILES string of the molecule is Cc1c(C)n(C)c2ccc(C(=O)Nc3ncc(Cl)cc3Cl)cc12. The lowest BCUT2D eigenvalue weighted by atomic mass is 10.1. The van der Waals surface area contributed by atoms with Gasteiger partial charge in [-0.3, -0.25) is 4.79 Å². The van der Waals surface area contributed by atoms with Crippen LogP contribution in [0.15, 0.2) is 30.5 Å². The molecule has 23 heavy (non-hydrogen) atoms. The molecule has 0 aliphatic rings. The molecule has 1 aromatic carbocycles. The molecule has 0 saturated carbocycles. The van der Waals surface area contributed by atoms with E-state index in [1.165, 1.54) is 17.5 Å². The standard InChI is InChI=1S/C17H15Cl2N3O/c1-9-10(2)22(3)15-5-4-11(6-13(9)15)17(23)21-16-14(19)7-12(18)8-20-16/h4-8H,1-3H3,(H,20,21,23).